The second-order valence-electron chi connectivity index (χ2n) is 5.07. The summed E-state index contributed by atoms with van der Waals surface area (Å²) in [6.07, 6.45) is -7.02. The first-order chi connectivity index (χ1) is 12.1. The number of allylic oxidation sites excluding steroid dienone is 1. The molecule has 136 valence electrons. The number of pyridine rings is 1. The van der Waals surface area contributed by atoms with Crippen LogP contribution in [0, 0.1) is 11.3 Å². The molecule has 0 N–H and O–H groups in total. The summed E-state index contributed by atoms with van der Waals surface area (Å²) in [4.78, 5) is 3.63. The van der Waals surface area contributed by atoms with Gasteiger partial charge in [-0.3, -0.25) is 4.98 Å². The number of benzene rings is 1. The molecule has 9 heteroatoms. The fourth-order valence-electron chi connectivity index (χ4n) is 1.88. The molecule has 0 radical (unpaired) electrons. The molecule has 0 unspecified atom stereocenters. The molecule has 0 aliphatic heterocycles. The van der Waals surface area contributed by atoms with E-state index in [-0.39, 0.29) is 17.0 Å². The van der Waals surface area contributed by atoms with E-state index in [2.05, 4.69) is 9.72 Å². The minimum absolute atomic E-state index is 0.00249. The lowest BCUT2D eigenvalue weighted by Gasteiger charge is -2.09. The molecule has 1 aromatic heterocycles. The molecule has 0 amide bonds. The number of hydrogen-bond donors (Lipinski definition) is 0. The van der Waals surface area contributed by atoms with E-state index in [0.717, 1.165) is 12.1 Å². The van der Waals surface area contributed by atoms with Gasteiger partial charge in [-0.05, 0) is 35.9 Å². The summed E-state index contributed by atoms with van der Waals surface area (Å²) < 4.78 is 78.4. The Balaban J connectivity index is 2.17. The van der Waals surface area contributed by atoms with Crippen molar-refractivity contribution in [3.63, 3.8) is 0 Å². The molecule has 0 aliphatic rings. The van der Waals surface area contributed by atoms with Gasteiger partial charge in [-0.1, -0.05) is 12.1 Å². The molecule has 0 atom stereocenters. The molecule has 26 heavy (non-hydrogen) atoms. The third-order valence-electron chi connectivity index (χ3n) is 3.08. The van der Waals surface area contributed by atoms with Crippen molar-refractivity contribution in [1.82, 2.24) is 4.98 Å². The van der Waals surface area contributed by atoms with E-state index in [1.807, 2.05) is 6.07 Å². The van der Waals surface area contributed by atoms with Crippen molar-refractivity contribution in [2.24, 2.45) is 0 Å². The van der Waals surface area contributed by atoms with Crippen molar-refractivity contribution in [2.45, 2.75) is 12.4 Å². The fraction of sp³-hybridized carbons (Fsp3) is 0.176. The van der Waals surface area contributed by atoms with Crippen LogP contribution in [0.15, 0.2) is 42.6 Å². The molecule has 3 nitrogen and oxygen atoms in total. The predicted molar refractivity (Wildman–Crippen MR) is 80.7 cm³/mol. The highest BCUT2D eigenvalue weighted by Gasteiger charge is 2.30. The second kappa shape index (κ2) is 7.47. The highest BCUT2D eigenvalue weighted by Crippen LogP contribution is 2.29. The van der Waals surface area contributed by atoms with E-state index in [1.165, 1.54) is 30.3 Å². The zero-order chi connectivity index (χ0) is 19.4. The van der Waals surface area contributed by atoms with Gasteiger partial charge in [0, 0.05) is 6.20 Å². The lowest BCUT2D eigenvalue weighted by molar-refractivity contribution is -0.153. The number of ether oxygens (including phenoxy) is 1. The Kier molecular flexibility index (Phi) is 5.55. The van der Waals surface area contributed by atoms with Gasteiger partial charge >= 0.3 is 12.4 Å². The van der Waals surface area contributed by atoms with Gasteiger partial charge in [-0.15, -0.1) is 0 Å². The summed E-state index contributed by atoms with van der Waals surface area (Å²) in [6, 6.07) is 9.09. The highest BCUT2D eigenvalue weighted by molar-refractivity contribution is 5.88. The molecule has 0 fully saturated rings. The topological polar surface area (TPSA) is 45.9 Å². The van der Waals surface area contributed by atoms with Crippen molar-refractivity contribution in [2.75, 3.05) is 6.61 Å². The monoisotopic (exact) mass is 372 g/mol. The summed E-state index contributed by atoms with van der Waals surface area (Å²) in [5, 5.41) is 9.17. The largest absolute Gasteiger partial charge is 0.484 e. The standard InChI is InChI=1S/C17H10F6N2O/c18-16(19,20)10-26-14-4-1-11(2-5-14)7-12(8-24)15-6-3-13(9-25-15)17(21,22)23/h1-7,9H,10H2. The number of rotatable bonds is 4. The number of nitrogens with zero attached hydrogens (tertiary/aromatic N) is 2. The molecule has 0 aliphatic carbocycles. The van der Waals surface area contributed by atoms with Crippen LogP contribution < -0.4 is 4.74 Å². The van der Waals surface area contributed by atoms with Gasteiger partial charge in [0.1, 0.15) is 11.8 Å². The zero-order valence-electron chi connectivity index (χ0n) is 12.9. The number of aromatic nitrogens is 1. The summed E-state index contributed by atoms with van der Waals surface area (Å²) in [5.41, 5.74) is -0.451. The number of alkyl halides is 6. The van der Waals surface area contributed by atoms with Crippen LogP contribution in [0.1, 0.15) is 16.8 Å². The molecule has 0 saturated carbocycles. The van der Waals surface area contributed by atoms with Gasteiger partial charge < -0.3 is 4.74 Å². The van der Waals surface area contributed by atoms with Crippen LogP contribution in [-0.2, 0) is 6.18 Å². The van der Waals surface area contributed by atoms with Crippen LogP contribution in [0.4, 0.5) is 26.3 Å². The fourth-order valence-corrected chi connectivity index (χ4v) is 1.88. The SMILES string of the molecule is N#CC(=Cc1ccc(OCC(F)(F)F)cc1)c1ccc(C(F)(F)F)cn1. The summed E-state index contributed by atoms with van der Waals surface area (Å²) in [6.45, 7) is -1.43. The third-order valence-corrected chi connectivity index (χ3v) is 3.08. The van der Waals surface area contributed by atoms with E-state index in [1.54, 1.807) is 0 Å². The van der Waals surface area contributed by atoms with Crippen LogP contribution in [0.5, 0.6) is 5.75 Å². The quantitative estimate of drug-likeness (QED) is 0.554. The van der Waals surface area contributed by atoms with E-state index in [0.29, 0.717) is 11.8 Å². The van der Waals surface area contributed by atoms with E-state index >= 15 is 0 Å². The molecule has 0 spiro atoms. The molecule has 1 heterocycles. The first-order valence-corrected chi connectivity index (χ1v) is 7.03. The summed E-state index contributed by atoms with van der Waals surface area (Å²) in [7, 11) is 0. The Morgan fingerprint density at radius 2 is 1.69 bits per heavy atom. The molecule has 2 rings (SSSR count). The minimum Gasteiger partial charge on any atom is -0.484 e. The van der Waals surface area contributed by atoms with Gasteiger partial charge in [-0.2, -0.15) is 31.6 Å². The average molecular weight is 372 g/mol. The number of halogens is 6. The van der Waals surface area contributed by atoms with Crippen LogP contribution in [0.25, 0.3) is 11.6 Å². The van der Waals surface area contributed by atoms with E-state index in [9.17, 15) is 26.3 Å². The van der Waals surface area contributed by atoms with Gasteiger partial charge in [-0.25, -0.2) is 0 Å². The van der Waals surface area contributed by atoms with Crippen LogP contribution in [0.3, 0.4) is 0 Å². The lowest BCUT2D eigenvalue weighted by Crippen LogP contribution is -2.19. The number of hydrogen-bond acceptors (Lipinski definition) is 3. The molecule has 0 saturated heterocycles. The van der Waals surface area contributed by atoms with Gasteiger partial charge in [0.05, 0.1) is 16.8 Å². The van der Waals surface area contributed by atoms with Gasteiger partial charge in [0.25, 0.3) is 0 Å². The molecule has 1 aromatic carbocycles. The van der Waals surface area contributed by atoms with Crippen molar-refractivity contribution < 1.29 is 31.1 Å². The Hall–Kier alpha value is -3.02. The Morgan fingerprint density at radius 3 is 2.15 bits per heavy atom. The zero-order valence-corrected chi connectivity index (χ0v) is 12.9. The van der Waals surface area contributed by atoms with E-state index < -0.39 is 24.5 Å². The average Bonchev–Trinajstić information content (AvgIpc) is 2.57. The first-order valence-electron chi connectivity index (χ1n) is 7.03. The number of nitriles is 1. The van der Waals surface area contributed by atoms with Crippen molar-refractivity contribution in [1.29, 1.82) is 5.26 Å². The Labute approximate surface area is 144 Å². The molecule has 0 bridgehead atoms. The van der Waals surface area contributed by atoms with Crippen LogP contribution in [-0.4, -0.2) is 17.8 Å². The van der Waals surface area contributed by atoms with Gasteiger partial charge in [0.2, 0.25) is 0 Å². The summed E-state index contributed by atoms with van der Waals surface area (Å²) >= 11 is 0. The maximum absolute atomic E-state index is 12.5. The highest BCUT2D eigenvalue weighted by atomic mass is 19.4. The third kappa shape index (κ3) is 5.51. The normalized spacial score (nSPS) is 12.6. The molecular weight excluding hydrogens is 362 g/mol. The summed E-state index contributed by atoms with van der Waals surface area (Å²) in [5.74, 6) is -0.00867. The Bertz CT molecular complexity index is 815. The van der Waals surface area contributed by atoms with Crippen LogP contribution in [0.2, 0.25) is 0 Å². The van der Waals surface area contributed by atoms with Crippen LogP contribution >= 0.6 is 0 Å². The maximum Gasteiger partial charge on any atom is 0.422 e. The lowest BCUT2D eigenvalue weighted by atomic mass is 10.1. The second-order valence-corrected chi connectivity index (χ2v) is 5.07. The smallest absolute Gasteiger partial charge is 0.422 e. The molecule has 2 aromatic rings. The van der Waals surface area contributed by atoms with Crippen molar-refractivity contribution >= 4 is 11.6 Å². The maximum atomic E-state index is 12.5. The van der Waals surface area contributed by atoms with E-state index in [4.69, 9.17) is 5.26 Å². The molecular formula is C17H10F6N2O. The predicted octanol–water partition coefficient (Wildman–Crippen LogP) is 5.11. The first kappa shape index (κ1) is 19.3. The minimum atomic E-state index is -4.53. The van der Waals surface area contributed by atoms with Crippen molar-refractivity contribution in [3.05, 3.63) is 59.4 Å². The van der Waals surface area contributed by atoms with Gasteiger partial charge in [0.15, 0.2) is 6.61 Å². The Morgan fingerprint density at radius 1 is 1.04 bits per heavy atom. The van der Waals surface area contributed by atoms with Crippen molar-refractivity contribution in [3.8, 4) is 11.8 Å².